The van der Waals surface area contributed by atoms with Gasteiger partial charge in [-0.3, -0.25) is 15.0 Å². The van der Waals surface area contributed by atoms with E-state index in [1.807, 2.05) is 51.8 Å². The van der Waals surface area contributed by atoms with Gasteiger partial charge in [0.15, 0.2) is 5.84 Å². The van der Waals surface area contributed by atoms with Gasteiger partial charge in [-0.15, -0.1) is 0 Å². The molecule has 6 rings (SSSR count). The third-order valence-electron chi connectivity index (χ3n) is 7.70. The number of halogens is 2. The number of rotatable bonds is 7. The van der Waals surface area contributed by atoms with Gasteiger partial charge in [-0.2, -0.15) is 0 Å². The second kappa shape index (κ2) is 12.5. The average Bonchev–Trinajstić information content (AvgIpc) is 3.24. The monoisotopic (exact) mass is 534 g/mol. The number of nitrogens with zero attached hydrogens (tertiary/aromatic N) is 6. The van der Waals surface area contributed by atoms with Gasteiger partial charge >= 0.3 is 0 Å². The van der Waals surface area contributed by atoms with Crippen LogP contribution in [0.3, 0.4) is 0 Å². The maximum atomic E-state index is 15.1. The summed E-state index contributed by atoms with van der Waals surface area (Å²) in [6.45, 7) is 14.8. The van der Waals surface area contributed by atoms with E-state index in [4.69, 9.17) is 4.99 Å². The Kier molecular flexibility index (Phi) is 9.15. The molecule has 5 heterocycles. The van der Waals surface area contributed by atoms with Crippen LogP contribution in [0.5, 0.6) is 0 Å². The first-order chi connectivity index (χ1) is 18.9. The van der Waals surface area contributed by atoms with Crippen molar-refractivity contribution < 1.29 is 8.78 Å². The van der Waals surface area contributed by atoms with Gasteiger partial charge in [0.1, 0.15) is 23.5 Å². The average molecular weight is 535 g/mol. The molecule has 0 N–H and O–H groups in total. The molecule has 2 aromatic rings. The van der Waals surface area contributed by atoms with E-state index >= 15 is 4.39 Å². The second-order valence-corrected chi connectivity index (χ2v) is 9.96. The van der Waals surface area contributed by atoms with Crippen LogP contribution < -0.4 is 0 Å². The number of benzene rings is 1. The standard InChI is InChI=1S/C29H34F2N6.C2H6/c1-5-34-28-27(19(2)32-3)35(4)29(23-15-24(30)17-33-16-23)37(28)13-10-22-14-21(6-7-26(22)31)25-18-36-11-8-20(25)9-12-36;1-2/h6-7,14-18,20,29H,3,5,8-13H2,1-2,4H3;1-2H3/b27-19+,34-28?;. The summed E-state index contributed by atoms with van der Waals surface area (Å²) >= 11 is 0. The predicted octanol–water partition coefficient (Wildman–Crippen LogP) is 6.29. The van der Waals surface area contributed by atoms with Gasteiger partial charge in [-0.1, -0.05) is 19.9 Å². The minimum Gasteiger partial charge on any atom is -0.377 e. The highest BCUT2D eigenvalue weighted by Gasteiger charge is 2.40. The number of hydrogen-bond acceptors (Lipinski definition) is 5. The summed E-state index contributed by atoms with van der Waals surface area (Å²) in [6, 6.07) is 6.99. The number of likely N-dealkylation sites (N-methyl/N-ethyl adjacent to an activating group) is 1. The molecule has 0 amide bonds. The lowest BCUT2D eigenvalue weighted by Gasteiger charge is -2.39. The molecule has 6 nitrogen and oxygen atoms in total. The maximum absolute atomic E-state index is 15.1. The summed E-state index contributed by atoms with van der Waals surface area (Å²) in [5.74, 6) is 0.683. The molecule has 208 valence electrons. The smallest absolute Gasteiger partial charge is 0.151 e. The Morgan fingerprint density at radius 2 is 1.87 bits per heavy atom. The second-order valence-electron chi connectivity index (χ2n) is 9.96. The van der Waals surface area contributed by atoms with Gasteiger partial charge < -0.3 is 14.7 Å². The molecule has 4 aliphatic heterocycles. The summed E-state index contributed by atoms with van der Waals surface area (Å²) in [5.41, 5.74) is 5.34. The molecular formula is C31H40F2N6. The molecule has 1 atom stereocenters. The third-order valence-corrected chi connectivity index (χ3v) is 7.70. The fourth-order valence-corrected chi connectivity index (χ4v) is 5.89. The first-order valence-electron chi connectivity index (χ1n) is 14.0. The Balaban J connectivity index is 0.00000172. The number of aliphatic imine (C=N–C) groups is 2. The first kappa shape index (κ1) is 28.5. The Morgan fingerprint density at radius 1 is 1.13 bits per heavy atom. The van der Waals surface area contributed by atoms with Gasteiger partial charge in [-0.25, -0.2) is 8.78 Å². The fourth-order valence-electron chi connectivity index (χ4n) is 5.89. The van der Waals surface area contributed by atoms with E-state index in [1.54, 1.807) is 12.3 Å². The van der Waals surface area contributed by atoms with E-state index in [-0.39, 0.29) is 12.0 Å². The molecule has 1 aromatic carbocycles. The van der Waals surface area contributed by atoms with Gasteiger partial charge in [0.2, 0.25) is 0 Å². The zero-order valence-electron chi connectivity index (χ0n) is 23.8. The molecule has 8 heteroatoms. The van der Waals surface area contributed by atoms with Crippen LogP contribution in [0.25, 0.3) is 5.57 Å². The van der Waals surface area contributed by atoms with Gasteiger partial charge in [0.05, 0.1) is 11.9 Å². The number of amidine groups is 1. The fraction of sp³-hybridized carbons (Fsp3) is 0.452. The van der Waals surface area contributed by atoms with Gasteiger partial charge in [-0.05, 0) is 80.6 Å². The quantitative estimate of drug-likeness (QED) is 0.392. The molecule has 1 unspecified atom stereocenters. The van der Waals surface area contributed by atoms with Crippen LogP contribution in [-0.4, -0.2) is 65.5 Å². The number of hydrogen-bond donors (Lipinski definition) is 0. The topological polar surface area (TPSA) is 47.3 Å². The third kappa shape index (κ3) is 5.75. The highest BCUT2D eigenvalue weighted by atomic mass is 19.1. The first-order valence-corrected chi connectivity index (χ1v) is 14.0. The van der Waals surface area contributed by atoms with Crippen LogP contribution in [0.1, 0.15) is 63.4 Å². The van der Waals surface area contributed by atoms with Crippen LogP contribution in [0.15, 0.2) is 64.2 Å². The van der Waals surface area contributed by atoms with Crippen molar-refractivity contribution in [3.05, 3.63) is 82.6 Å². The van der Waals surface area contributed by atoms with Crippen LogP contribution in [-0.2, 0) is 6.42 Å². The van der Waals surface area contributed by atoms with Crippen molar-refractivity contribution in [3.63, 3.8) is 0 Å². The summed E-state index contributed by atoms with van der Waals surface area (Å²) in [6.07, 6.45) is 7.56. The molecule has 0 spiro atoms. The number of aromatic nitrogens is 1. The molecule has 2 fully saturated rings. The molecule has 4 aliphatic rings. The van der Waals surface area contributed by atoms with Crippen molar-refractivity contribution in [1.82, 2.24) is 19.7 Å². The Morgan fingerprint density at radius 3 is 2.49 bits per heavy atom. The van der Waals surface area contributed by atoms with Crippen molar-refractivity contribution in [3.8, 4) is 0 Å². The molecule has 1 aromatic heterocycles. The zero-order chi connectivity index (χ0) is 28.1. The molecule has 0 saturated carbocycles. The highest BCUT2D eigenvalue weighted by molar-refractivity contribution is 6.00. The van der Waals surface area contributed by atoms with Crippen LogP contribution >= 0.6 is 0 Å². The SMILES string of the molecule is C=N/C(C)=C1\C(=NCC)N(CCc2cc(C3=CN4CCC3CC4)ccc2F)C(c2cncc(F)c2)N1C.CC. The molecule has 0 aliphatic carbocycles. The highest BCUT2D eigenvalue weighted by Crippen LogP contribution is 2.39. The zero-order valence-corrected chi connectivity index (χ0v) is 23.8. The van der Waals surface area contributed by atoms with Crippen molar-refractivity contribution in [2.24, 2.45) is 15.9 Å². The van der Waals surface area contributed by atoms with E-state index < -0.39 is 5.82 Å². The van der Waals surface area contributed by atoms with E-state index in [1.165, 1.54) is 17.8 Å². The Hall–Kier alpha value is -3.55. The van der Waals surface area contributed by atoms with E-state index in [0.29, 0.717) is 36.6 Å². The maximum Gasteiger partial charge on any atom is 0.151 e. The molecular weight excluding hydrogens is 494 g/mol. The van der Waals surface area contributed by atoms with Crippen LogP contribution in [0.4, 0.5) is 8.78 Å². The number of piperidine rings is 1. The molecule has 0 radical (unpaired) electrons. The van der Waals surface area contributed by atoms with E-state index in [0.717, 1.165) is 48.7 Å². The van der Waals surface area contributed by atoms with Crippen molar-refractivity contribution in [2.45, 2.75) is 53.1 Å². The Labute approximate surface area is 231 Å². The van der Waals surface area contributed by atoms with Crippen LogP contribution in [0.2, 0.25) is 0 Å². The number of fused-ring (bicyclic) bond motifs is 2. The van der Waals surface area contributed by atoms with E-state index in [2.05, 4.69) is 32.7 Å². The van der Waals surface area contributed by atoms with Crippen LogP contribution in [0, 0.1) is 17.6 Å². The predicted molar refractivity (Wildman–Crippen MR) is 155 cm³/mol. The lowest BCUT2D eigenvalue weighted by Crippen LogP contribution is -2.35. The number of pyridine rings is 1. The molecule has 2 saturated heterocycles. The largest absolute Gasteiger partial charge is 0.377 e. The van der Waals surface area contributed by atoms with Crippen molar-refractivity contribution in [1.29, 1.82) is 0 Å². The lowest BCUT2D eigenvalue weighted by molar-refractivity contribution is 0.198. The summed E-state index contributed by atoms with van der Waals surface area (Å²) in [4.78, 5) is 19.5. The summed E-state index contributed by atoms with van der Waals surface area (Å²) in [5, 5.41) is 0. The van der Waals surface area contributed by atoms with Crippen molar-refractivity contribution >= 4 is 18.1 Å². The van der Waals surface area contributed by atoms with Gasteiger partial charge in [0.25, 0.3) is 0 Å². The molecule has 2 bridgehead atoms. The van der Waals surface area contributed by atoms with Gasteiger partial charge in [0, 0.05) is 51.2 Å². The lowest BCUT2D eigenvalue weighted by atomic mass is 9.82. The summed E-state index contributed by atoms with van der Waals surface area (Å²) < 4.78 is 29.3. The van der Waals surface area contributed by atoms with E-state index in [9.17, 15) is 4.39 Å². The normalized spacial score (nSPS) is 21.2. The Bertz CT molecular complexity index is 1280. The summed E-state index contributed by atoms with van der Waals surface area (Å²) in [7, 11) is 1.94. The minimum absolute atomic E-state index is 0.212. The number of allylic oxidation sites excluding steroid dienone is 2. The minimum atomic E-state index is -0.402. The molecule has 39 heavy (non-hydrogen) atoms. The van der Waals surface area contributed by atoms with Crippen molar-refractivity contribution in [2.75, 3.05) is 33.2 Å².